The number of rotatable bonds is 4. The average Bonchev–Trinajstić information content (AvgIpc) is 2.86. The lowest BCUT2D eigenvalue weighted by Gasteiger charge is -2.03. The first kappa shape index (κ1) is 11.4. The van der Waals surface area contributed by atoms with Crippen molar-refractivity contribution in [3.05, 3.63) is 48.6 Å². The van der Waals surface area contributed by atoms with Crippen LogP contribution in [0.3, 0.4) is 0 Å². The molecule has 1 atom stereocenters. The third-order valence-electron chi connectivity index (χ3n) is 2.29. The lowest BCUT2D eigenvalue weighted by atomic mass is 10.2. The third-order valence-corrected chi connectivity index (χ3v) is 2.29. The van der Waals surface area contributed by atoms with Gasteiger partial charge in [-0.3, -0.25) is 0 Å². The summed E-state index contributed by atoms with van der Waals surface area (Å²) in [6.07, 6.45) is 1.52. The van der Waals surface area contributed by atoms with Crippen LogP contribution in [0.1, 0.15) is 5.56 Å². The van der Waals surface area contributed by atoms with E-state index in [0.29, 0.717) is 5.90 Å². The highest BCUT2D eigenvalue weighted by molar-refractivity contribution is 5.97. The van der Waals surface area contributed by atoms with Crippen molar-refractivity contribution in [3.63, 3.8) is 0 Å². The molecule has 0 amide bonds. The van der Waals surface area contributed by atoms with Gasteiger partial charge < -0.3 is 9.47 Å². The topological polar surface area (TPSA) is 47.9 Å². The number of carbonyl (C=O) groups is 1. The standard InChI is InChI=1S/C13H13NO3/c1-2-8-16-13(15)11-9-17-12(14-11)10-6-4-3-5-7-10/h2-7,11H,1,8-9H2/t11-/m0/s1. The second-order valence-corrected chi connectivity index (χ2v) is 3.55. The van der Waals surface area contributed by atoms with E-state index in [9.17, 15) is 4.79 Å². The summed E-state index contributed by atoms with van der Waals surface area (Å²) >= 11 is 0. The summed E-state index contributed by atoms with van der Waals surface area (Å²) in [7, 11) is 0. The van der Waals surface area contributed by atoms with Gasteiger partial charge in [-0.05, 0) is 12.1 Å². The Morgan fingerprint density at radius 1 is 1.53 bits per heavy atom. The molecule has 1 heterocycles. The zero-order valence-electron chi connectivity index (χ0n) is 9.33. The van der Waals surface area contributed by atoms with E-state index in [-0.39, 0.29) is 19.2 Å². The molecule has 17 heavy (non-hydrogen) atoms. The highest BCUT2D eigenvalue weighted by Gasteiger charge is 2.27. The second-order valence-electron chi connectivity index (χ2n) is 3.55. The zero-order chi connectivity index (χ0) is 12.1. The Bertz CT molecular complexity index is 439. The summed E-state index contributed by atoms with van der Waals surface area (Å²) in [5.41, 5.74) is 0.867. The highest BCUT2D eigenvalue weighted by Crippen LogP contribution is 2.12. The number of aliphatic imine (C=N–C) groups is 1. The molecule has 0 unspecified atom stereocenters. The van der Waals surface area contributed by atoms with Gasteiger partial charge >= 0.3 is 5.97 Å². The summed E-state index contributed by atoms with van der Waals surface area (Å²) in [5, 5.41) is 0. The van der Waals surface area contributed by atoms with Crippen molar-refractivity contribution in [1.29, 1.82) is 0 Å². The summed E-state index contributed by atoms with van der Waals surface area (Å²) in [6.45, 7) is 3.91. The van der Waals surface area contributed by atoms with Crippen LogP contribution in [0.4, 0.5) is 0 Å². The summed E-state index contributed by atoms with van der Waals surface area (Å²) in [4.78, 5) is 15.7. The number of hydrogen-bond donors (Lipinski definition) is 0. The van der Waals surface area contributed by atoms with Crippen LogP contribution >= 0.6 is 0 Å². The molecule has 4 heteroatoms. The van der Waals surface area contributed by atoms with Crippen molar-refractivity contribution < 1.29 is 14.3 Å². The molecule has 4 nitrogen and oxygen atoms in total. The molecule has 0 radical (unpaired) electrons. The van der Waals surface area contributed by atoms with Gasteiger partial charge in [-0.15, -0.1) is 0 Å². The lowest BCUT2D eigenvalue weighted by molar-refractivity contribution is -0.144. The normalized spacial score (nSPS) is 18.1. The highest BCUT2D eigenvalue weighted by atomic mass is 16.5. The van der Waals surface area contributed by atoms with Crippen molar-refractivity contribution in [3.8, 4) is 0 Å². The minimum atomic E-state index is -0.565. The molecule has 88 valence electrons. The van der Waals surface area contributed by atoms with E-state index in [4.69, 9.17) is 9.47 Å². The van der Waals surface area contributed by atoms with Gasteiger partial charge in [0.05, 0.1) is 0 Å². The first-order valence-corrected chi connectivity index (χ1v) is 5.35. The summed E-state index contributed by atoms with van der Waals surface area (Å²) < 4.78 is 10.3. The van der Waals surface area contributed by atoms with Crippen molar-refractivity contribution >= 4 is 11.9 Å². The predicted molar refractivity (Wildman–Crippen MR) is 63.9 cm³/mol. The number of esters is 1. The predicted octanol–water partition coefficient (Wildman–Crippen LogP) is 1.56. The number of carbonyl (C=O) groups excluding carboxylic acids is 1. The van der Waals surface area contributed by atoms with E-state index in [1.807, 2.05) is 30.3 Å². The van der Waals surface area contributed by atoms with E-state index in [0.717, 1.165) is 5.56 Å². The molecule has 1 aromatic carbocycles. The molecular weight excluding hydrogens is 218 g/mol. The molecule has 0 aliphatic carbocycles. The van der Waals surface area contributed by atoms with Gasteiger partial charge in [-0.2, -0.15) is 0 Å². The first-order valence-electron chi connectivity index (χ1n) is 5.35. The smallest absolute Gasteiger partial charge is 0.334 e. The molecule has 0 aromatic heterocycles. The van der Waals surface area contributed by atoms with Crippen LogP contribution in [0.5, 0.6) is 0 Å². The zero-order valence-corrected chi connectivity index (χ0v) is 9.33. The Hall–Kier alpha value is -2.10. The Morgan fingerprint density at radius 3 is 3.00 bits per heavy atom. The van der Waals surface area contributed by atoms with Gasteiger partial charge in [-0.1, -0.05) is 30.9 Å². The first-order chi connectivity index (χ1) is 8.31. The van der Waals surface area contributed by atoms with Crippen LogP contribution in [0.15, 0.2) is 48.0 Å². The SMILES string of the molecule is C=CCOC(=O)[C@@H]1COC(c2ccccc2)=N1. The van der Waals surface area contributed by atoms with Crippen LogP contribution in [0, 0.1) is 0 Å². The van der Waals surface area contributed by atoms with E-state index < -0.39 is 6.04 Å². The van der Waals surface area contributed by atoms with Crippen LogP contribution in [0.2, 0.25) is 0 Å². The van der Waals surface area contributed by atoms with Gasteiger partial charge in [0.2, 0.25) is 5.90 Å². The largest absolute Gasteiger partial charge is 0.475 e. The summed E-state index contributed by atoms with van der Waals surface area (Å²) in [6, 6.07) is 8.90. The molecule has 0 saturated heterocycles. The molecule has 0 fully saturated rings. The molecule has 1 aromatic rings. The molecular formula is C13H13NO3. The summed E-state index contributed by atoms with van der Waals surface area (Å²) in [5.74, 6) is 0.113. The lowest BCUT2D eigenvalue weighted by Crippen LogP contribution is -2.22. The monoisotopic (exact) mass is 231 g/mol. The van der Waals surface area contributed by atoms with Crippen molar-refractivity contribution in [2.75, 3.05) is 13.2 Å². The number of ether oxygens (including phenoxy) is 2. The number of hydrogen-bond acceptors (Lipinski definition) is 4. The Balaban J connectivity index is 2.04. The van der Waals surface area contributed by atoms with Gasteiger partial charge in [0, 0.05) is 5.56 Å². The van der Waals surface area contributed by atoms with E-state index >= 15 is 0 Å². The van der Waals surface area contributed by atoms with Crippen LogP contribution in [-0.2, 0) is 14.3 Å². The fourth-order valence-electron chi connectivity index (χ4n) is 1.47. The molecule has 0 bridgehead atoms. The Kier molecular flexibility index (Phi) is 3.55. The molecule has 0 N–H and O–H groups in total. The maximum Gasteiger partial charge on any atom is 0.334 e. The van der Waals surface area contributed by atoms with Gasteiger partial charge in [0.1, 0.15) is 13.2 Å². The van der Waals surface area contributed by atoms with Gasteiger partial charge in [-0.25, -0.2) is 9.79 Å². The van der Waals surface area contributed by atoms with Crippen molar-refractivity contribution in [1.82, 2.24) is 0 Å². The van der Waals surface area contributed by atoms with Gasteiger partial charge in [0.25, 0.3) is 0 Å². The van der Waals surface area contributed by atoms with Crippen molar-refractivity contribution in [2.45, 2.75) is 6.04 Å². The maximum absolute atomic E-state index is 11.5. The molecule has 0 saturated carbocycles. The van der Waals surface area contributed by atoms with E-state index in [1.165, 1.54) is 6.08 Å². The second kappa shape index (κ2) is 5.30. The fraction of sp³-hybridized carbons (Fsp3) is 0.231. The van der Waals surface area contributed by atoms with Crippen LogP contribution < -0.4 is 0 Å². The number of benzene rings is 1. The quantitative estimate of drug-likeness (QED) is 0.583. The molecule has 1 aliphatic heterocycles. The molecule has 1 aliphatic rings. The van der Waals surface area contributed by atoms with Crippen LogP contribution in [-0.4, -0.2) is 31.1 Å². The average molecular weight is 231 g/mol. The fourth-order valence-corrected chi connectivity index (χ4v) is 1.47. The Labute approximate surface area is 99.6 Å². The molecule has 0 spiro atoms. The van der Waals surface area contributed by atoms with E-state index in [1.54, 1.807) is 0 Å². The maximum atomic E-state index is 11.5. The van der Waals surface area contributed by atoms with Crippen LogP contribution in [0.25, 0.3) is 0 Å². The van der Waals surface area contributed by atoms with E-state index in [2.05, 4.69) is 11.6 Å². The van der Waals surface area contributed by atoms with Gasteiger partial charge in [0.15, 0.2) is 6.04 Å². The number of nitrogens with zero attached hydrogens (tertiary/aromatic N) is 1. The van der Waals surface area contributed by atoms with Crippen molar-refractivity contribution in [2.24, 2.45) is 4.99 Å². The Morgan fingerprint density at radius 2 is 2.29 bits per heavy atom. The minimum absolute atomic E-state index is 0.200. The molecule has 2 rings (SSSR count). The minimum Gasteiger partial charge on any atom is -0.475 e. The third kappa shape index (κ3) is 2.72.